The topological polar surface area (TPSA) is 133 Å². The molecule has 0 aliphatic heterocycles. The van der Waals surface area contributed by atoms with Gasteiger partial charge in [0.05, 0.1) is 13.2 Å². The van der Waals surface area contributed by atoms with Gasteiger partial charge in [-0.15, -0.1) is 0 Å². The second-order valence-corrected chi connectivity index (χ2v) is 9.69. The van der Waals surface area contributed by atoms with E-state index in [2.05, 4.69) is 15.6 Å². The molecule has 206 valence electrons. The number of alkyl carbamates (subject to hydrolysis) is 1. The highest BCUT2D eigenvalue weighted by molar-refractivity contribution is 6.09. The Morgan fingerprint density at radius 2 is 1.51 bits per heavy atom. The van der Waals surface area contributed by atoms with Crippen LogP contribution in [0.15, 0.2) is 60.8 Å². The van der Waals surface area contributed by atoms with Crippen LogP contribution in [-0.4, -0.2) is 53.3 Å². The summed E-state index contributed by atoms with van der Waals surface area (Å²) < 4.78 is 15.7. The Balaban J connectivity index is 2.00. The molecule has 0 bridgehead atoms. The minimum absolute atomic E-state index is 0.0240. The Kier molecular flexibility index (Phi) is 9.24. The summed E-state index contributed by atoms with van der Waals surface area (Å²) in [5.41, 5.74) is -2.07. The Hall–Kier alpha value is -4.47. The first kappa shape index (κ1) is 29.1. The number of amides is 2. The summed E-state index contributed by atoms with van der Waals surface area (Å²) >= 11 is 0. The SMILES string of the molecule is CCOC(=O)C(Cc1ccc2c(NC(=O)c3ccccc3)nccc2c1)(NC(=O)OC(C)(C)C)C(=O)OCC. The molecule has 10 nitrogen and oxygen atoms in total. The van der Waals surface area contributed by atoms with E-state index in [-0.39, 0.29) is 25.5 Å². The number of rotatable bonds is 9. The van der Waals surface area contributed by atoms with Crippen LogP contribution in [0.4, 0.5) is 10.6 Å². The largest absolute Gasteiger partial charge is 0.464 e. The number of aromatic nitrogens is 1. The van der Waals surface area contributed by atoms with Crippen molar-refractivity contribution in [2.75, 3.05) is 18.5 Å². The molecule has 0 spiro atoms. The van der Waals surface area contributed by atoms with Crippen LogP contribution in [0.3, 0.4) is 0 Å². The lowest BCUT2D eigenvalue weighted by atomic mass is 9.89. The second kappa shape index (κ2) is 12.4. The number of carbonyl (C=O) groups excluding carboxylic acids is 4. The van der Waals surface area contributed by atoms with E-state index in [0.717, 1.165) is 0 Å². The van der Waals surface area contributed by atoms with E-state index in [1.807, 2.05) is 6.07 Å². The Morgan fingerprint density at radius 1 is 0.872 bits per heavy atom. The van der Waals surface area contributed by atoms with Gasteiger partial charge in [0.15, 0.2) is 0 Å². The lowest BCUT2D eigenvalue weighted by Crippen LogP contribution is -2.63. The highest BCUT2D eigenvalue weighted by Gasteiger charge is 2.51. The molecule has 10 heteroatoms. The fourth-order valence-corrected chi connectivity index (χ4v) is 3.87. The first-order chi connectivity index (χ1) is 18.5. The first-order valence-electron chi connectivity index (χ1n) is 12.6. The third-order valence-electron chi connectivity index (χ3n) is 5.53. The maximum Gasteiger partial charge on any atom is 0.409 e. The Morgan fingerprint density at radius 3 is 2.10 bits per heavy atom. The number of hydrogen-bond donors (Lipinski definition) is 2. The van der Waals surface area contributed by atoms with Crippen LogP contribution in [-0.2, 0) is 30.2 Å². The zero-order valence-electron chi connectivity index (χ0n) is 22.7. The van der Waals surface area contributed by atoms with Crippen molar-refractivity contribution in [3.63, 3.8) is 0 Å². The lowest BCUT2D eigenvalue weighted by Gasteiger charge is -2.31. The van der Waals surface area contributed by atoms with Gasteiger partial charge in [-0.25, -0.2) is 19.4 Å². The fourth-order valence-electron chi connectivity index (χ4n) is 3.87. The van der Waals surface area contributed by atoms with Gasteiger partial charge in [-0.1, -0.05) is 36.4 Å². The van der Waals surface area contributed by atoms with Gasteiger partial charge >= 0.3 is 18.0 Å². The number of nitrogens with one attached hydrogen (secondary N) is 2. The summed E-state index contributed by atoms with van der Waals surface area (Å²) in [6, 6.07) is 15.6. The highest BCUT2D eigenvalue weighted by atomic mass is 16.6. The van der Waals surface area contributed by atoms with Crippen LogP contribution >= 0.6 is 0 Å². The van der Waals surface area contributed by atoms with Crippen molar-refractivity contribution < 1.29 is 33.4 Å². The van der Waals surface area contributed by atoms with E-state index in [9.17, 15) is 19.2 Å². The molecule has 39 heavy (non-hydrogen) atoms. The van der Waals surface area contributed by atoms with Gasteiger partial charge in [-0.05, 0) is 63.8 Å². The standard InChI is InChI=1S/C29H33N3O7/c1-6-37-25(34)29(26(35)38-7-2,32-27(36)39-28(3,4)5)18-19-13-14-22-21(17-19)15-16-30-23(22)31-24(33)20-11-9-8-10-12-20/h8-17H,6-7,18H2,1-5H3,(H,32,36)(H,30,31,33). The van der Waals surface area contributed by atoms with E-state index in [1.165, 1.54) is 6.20 Å². The summed E-state index contributed by atoms with van der Waals surface area (Å²) in [4.78, 5) is 56.2. The van der Waals surface area contributed by atoms with Crippen molar-refractivity contribution in [2.24, 2.45) is 0 Å². The molecule has 0 aliphatic rings. The van der Waals surface area contributed by atoms with E-state index in [0.29, 0.717) is 27.7 Å². The number of carbonyl (C=O) groups is 4. The van der Waals surface area contributed by atoms with E-state index in [4.69, 9.17) is 14.2 Å². The Labute approximate surface area is 227 Å². The zero-order valence-corrected chi connectivity index (χ0v) is 22.7. The number of anilines is 1. The molecule has 1 heterocycles. The molecule has 0 aliphatic carbocycles. The molecule has 2 amide bonds. The fraction of sp³-hybridized carbons (Fsp3) is 0.345. The highest BCUT2D eigenvalue weighted by Crippen LogP contribution is 2.26. The molecule has 0 saturated carbocycles. The predicted octanol–water partition coefficient (Wildman–Crippen LogP) is 4.42. The number of pyridine rings is 1. The van der Waals surface area contributed by atoms with Crippen molar-refractivity contribution in [3.05, 3.63) is 71.9 Å². The Bertz CT molecular complexity index is 1330. The van der Waals surface area contributed by atoms with Crippen LogP contribution in [0.1, 0.15) is 50.5 Å². The van der Waals surface area contributed by atoms with Crippen LogP contribution in [0.25, 0.3) is 10.8 Å². The van der Waals surface area contributed by atoms with Gasteiger partial charge in [0.1, 0.15) is 11.4 Å². The quantitative estimate of drug-likeness (QED) is 0.234. The maximum atomic E-state index is 13.2. The molecule has 0 unspecified atom stereocenters. The molecule has 1 aromatic heterocycles. The lowest BCUT2D eigenvalue weighted by molar-refractivity contribution is -0.166. The number of benzene rings is 2. The average Bonchev–Trinajstić information content (AvgIpc) is 2.88. The third-order valence-corrected chi connectivity index (χ3v) is 5.53. The average molecular weight is 536 g/mol. The van der Waals surface area contributed by atoms with Gasteiger partial charge in [-0.3, -0.25) is 10.1 Å². The molecule has 3 rings (SSSR count). The van der Waals surface area contributed by atoms with E-state index in [1.54, 1.807) is 83.1 Å². The number of ether oxygens (including phenoxy) is 3. The molecule has 0 saturated heterocycles. The summed E-state index contributed by atoms with van der Waals surface area (Å²) in [7, 11) is 0. The minimum atomic E-state index is -2.20. The van der Waals surface area contributed by atoms with Crippen molar-refractivity contribution in [1.82, 2.24) is 10.3 Å². The normalized spacial score (nSPS) is 11.4. The van der Waals surface area contributed by atoms with Gasteiger partial charge in [0.25, 0.3) is 5.91 Å². The smallest absolute Gasteiger partial charge is 0.409 e. The van der Waals surface area contributed by atoms with Crippen molar-refractivity contribution in [1.29, 1.82) is 0 Å². The molecule has 0 atom stereocenters. The number of hydrogen-bond acceptors (Lipinski definition) is 8. The summed E-state index contributed by atoms with van der Waals surface area (Å²) in [5.74, 6) is -1.91. The monoisotopic (exact) mass is 535 g/mol. The van der Waals surface area contributed by atoms with Gasteiger partial charge < -0.3 is 19.5 Å². The van der Waals surface area contributed by atoms with Gasteiger partial charge in [0, 0.05) is 23.6 Å². The molecule has 2 aromatic carbocycles. The third kappa shape index (κ3) is 7.31. The number of fused-ring (bicyclic) bond motifs is 1. The zero-order chi connectivity index (χ0) is 28.6. The van der Waals surface area contributed by atoms with E-state index >= 15 is 0 Å². The molecule has 0 fully saturated rings. The van der Waals surface area contributed by atoms with Crippen LogP contribution in [0, 0.1) is 0 Å². The summed E-state index contributed by atoms with van der Waals surface area (Å²) in [5, 5.41) is 6.57. The van der Waals surface area contributed by atoms with Crippen molar-refractivity contribution in [2.45, 2.75) is 52.2 Å². The molecule has 2 N–H and O–H groups in total. The number of esters is 2. The van der Waals surface area contributed by atoms with Crippen LogP contribution in [0.5, 0.6) is 0 Å². The van der Waals surface area contributed by atoms with Crippen molar-refractivity contribution >= 4 is 40.5 Å². The first-order valence-corrected chi connectivity index (χ1v) is 12.6. The molecule has 0 radical (unpaired) electrons. The second-order valence-electron chi connectivity index (χ2n) is 9.69. The maximum absolute atomic E-state index is 13.2. The molecule has 3 aromatic rings. The van der Waals surface area contributed by atoms with Crippen molar-refractivity contribution in [3.8, 4) is 0 Å². The van der Waals surface area contributed by atoms with Gasteiger partial charge in [0.2, 0.25) is 5.54 Å². The van der Waals surface area contributed by atoms with Crippen LogP contribution in [0.2, 0.25) is 0 Å². The molecular formula is C29H33N3O7. The summed E-state index contributed by atoms with van der Waals surface area (Å²) in [6.45, 7) is 8.12. The predicted molar refractivity (Wildman–Crippen MR) is 145 cm³/mol. The van der Waals surface area contributed by atoms with Gasteiger partial charge in [-0.2, -0.15) is 0 Å². The minimum Gasteiger partial charge on any atom is -0.464 e. The van der Waals surface area contributed by atoms with E-state index < -0.39 is 29.2 Å². The molecular weight excluding hydrogens is 502 g/mol. The number of nitrogens with zero attached hydrogens (tertiary/aromatic N) is 1. The summed E-state index contributed by atoms with van der Waals surface area (Å²) in [6.07, 6.45) is 0.295. The van der Waals surface area contributed by atoms with Crippen LogP contribution < -0.4 is 10.6 Å².